The van der Waals surface area contributed by atoms with Gasteiger partial charge in [0.1, 0.15) is 31.0 Å². The normalized spacial score (nSPS) is 20.4. The van der Waals surface area contributed by atoms with Crippen molar-refractivity contribution in [2.75, 3.05) is 19.8 Å². The Balaban J connectivity index is 2.30. The highest BCUT2D eigenvalue weighted by molar-refractivity contribution is 5.70. The molecule has 1 fully saturated rings. The van der Waals surface area contributed by atoms with Crippen molar-refractivity contribution in [2.45, 2.75) is 256 Å². The highest BCUT2D eigenvalue weighted by Crippen LogP contribution is 2.23. The summed E-state index contributed by atoms with van der Waals surface area (Å²) < 4.78 is 22.2. The maximum absolute atomic E-state index is 12.8. The summed E-state index contributed by atoms with van der Waals surface area (Å²) in [7, 11) is 0. The van der Waals surface area contributed by atoms with Gasteiger partial charge >= 0.3 is 11.9 Å². The highest BCUT2D eigenvalue weighted by atomic mass is 16.7. The van der Waals surface area contributed by atoms with Crippen LogP contribution in [0.2, 0.25) is 0 Å². The van der Waals surface area contributed by atoms with Crippen LogP contribution in [-0.2, 0) is 28.5 Å². The van der Waals surface area contributed by atoms with E-state index in [2.05, 4.69) is 13.8 Å². The number of hydrogen-bond donors (Lipinski definition) is 4. The predicted molar refractivity (Wildman–Crippen MR) is 220 cm³/mol. The zero-order valence-corrected chi connectivity index (χ0v) is 35.5. The number of carbonyl (C=O) groups is 2. The fraction of sp³-hybridized carbons (Fsp3) is 0.956. The number of hydrogen-bond acceptors (Lipinski definition) is 10. The van der Waals surface area contributed by atoms with Gasteiger partial charge in [-0.25, -0.2) is 0 Å². The Morgan fingerprint density at radius 2 is 0.855 bits per heavy atom. The lowest BCUT2D eigenvalue weighted by Crippen LogP contribution is -2.59. The van der Waals surface area contributed by atoms with E-state index in [1.54, 1.807) is 0 Å². The smallest absolute Gasteiger partial charge is 0.306 e. The molecule has 0 bridgehead atoms. The summed E-state index contributed by atoms with van der Waals surface area (Å²) in [6.45, 7) is 3.46. The molecule has 1 saturated heterocycles. The fourth-order valence-electron chi connectivity index (χ4n) is 7.31. The van der Waals surface area contributed by atoms with Crippen LogP contribution in [0, 0.1) is 0 Å². The molecule has 0 aromatic carbocycles. The molecule has 0 aromatic heterocycles. The minimum atomic E-state index is -1.59. The summed E-state index contributed by atoms with van der Waals surface area (Å²) in [5.41, 5.74) is 0. The first-order valence-electron chi connectivity index (χ1n) is 23.1. The van der Waals surface area contributed by atoms with Gasteiger partial charge in [0.25, 0.3) is 0 Å². The maximum Gasteiger partial charge on any atom is 0.306 e. The largest absolute Gasteiger partial charge is 0.462 e. The molecule has 1 aliphatic rings. The molecule has 0 amide bonds. The lowest BCUT2D eigenvalue weighted by atomic mass is 9.99. The molecule has 0 saturated carbocycles. The van der Waals surface area contributed by atoms with Crippen LogP contribution >= 0.6 is 0 Å². The van der Waals surface area contributed by atoms with E-state index < -0.39 is 49.4 Å². The van der Waals surface area contributed by atoms with Gasteiger partial charge in [-0.3, -0.25) is 9.59 Å². The van der Waals surface area contributed by atoms with Gasteiger partial charge < -0.3 is 39.4 Å². The van der Waals surface area contributed by atoms with Crippen molar-refractivity contribution >= 4 is 11.9 Å². The molecule has 55 heavy (non-hydrogen) atoms. The summed E-state index contributed by atoms with van der Waals surface area (Å²) in [5.74, 6) is -0.790. The van der Waals surface area contributed by atoms with Crippen LogP contribution in [-0.4, -0.2) is 89.0 Å². The van der Waals surface area contributed by atoms with E-state index in [4.69, 9.17) is 18.9 Å². The third-order valence-electron chi connectivity index (χ3n) is 11.0. The lowest BCUT2D eigenvalue weighted by molar-refractivity contribution is -0.305. The molecule has 0 aliphatic carbocycles. The quantitative estimate of drug-likeness (QED) is 0.0350. The van der Waals surface area contributed by atoms with Crippen LogP contribution < -0.4 is 0 Å². The average molecular weight is 787 g/mol. The molecule has 326 valence electrons. The monoisotopic (exact) mass is 787 g/mol. The van der Waals surface area contributed by atoms with Crippen molar-refractivity contribution in [2.24, 2.45) is 0 Å². The first kappa shape index (κ1) is 51.7. The summed E-state index contributed by atoms with van der Waals surface area (Å²) in [5, 5.41) is 40.1. The highest BCUT2D eigenvalue weighted by Gasteiger charge is 2.44. The van der Waals surface area contributed by atoms with Crippen molar-refractivity contribution in [3.05, 3.63) is 0 Å². The van der Waals surface area contributed by atoms with E-state index in [0.29, 0.717) is 6.42 Å². The minimum Gasteiger partial charge on any atom is -0.462 e. The van der Waals surface area contributed by atoms with Crippen molar-refractivity contribution in [3.63, 3.8) is 0 Å². The van der Waals surface area contributed by atoms with E-state index in [9.17, 15) is 30.0 Å². The number of rotatable bonds is 39. The Hall–Kier alpha value is -1.30. The van der Waals surface area contributed by atoms with Crippen LogP contribution in [0.4, 0.5) is 0 Å². The number of aliphatic hydroxyl groups excluding tert-OH is 4. The molecule has 0 radical (unpaired) electrons. The molecule has 0 spiro atoms. The van der Waals surface area contributed by atoms with Crippen LogP contribution in [0.25, 0.3) is 0 Å². The molecule has 10 nitrogen and oxygen atoms in total. The molecule has 4 N–H and O–H groups in total. The number of aliphatic hydroxyl groups is 4. The maximum atomic E-state index is 12.8. The third kappa shape index (κ3) is 28.7. The van der Waals surface area contributed by atoms with Gasteiger partial charge in [-0.05, 0) is 12.8 Å². The molecular weight excluding hydrogens is 700 g/mol. The van der Waals surface area contributed by atoms with E-state index >= 15 is 0 Å². The minimum absolute atomic E-state index is 0.209. The SMILES string of the molecule is CCCCCCCCCCCCCCCCCC(=O)OC[C@@H](CO[C@H]1O[C@H](CO)[C@@H](O)[C@H](O)[C@H]1O)OC(=O)CCCCCCCCCCCCCCCCC. The van der Waals surface area contributed by atoms with E-state index in [0.717, 1.165) is 38.5 Å². The Bertz CT molecular complexity index is 871. The number of carbonyl (C=O) groups excluding carboxylic acids is 2. The lowest BCUT2D eigenvalue weighted by Gasteiger charge is -2.39. The van der Waals surface area contributed by atoms with Gasteiger partial charge in [0.15, 0.2) is 12.4 Å². The van der Waals surface area contributed by atoms with E-state index in [-0.39, 0.29) is 32.0 Å². The summed E-state index contributed by atoms with van der Waals surface area (Å²) in [6, 6.07) is 0. The Kier molecular flexibility index (Phi) is 34.8. The standard InChI is InChI=1S/C45H86O10/c1-3-5-7-9-11-13-15-17-19-21-23-25-27-29-31-33-40(47)52-36-38(37-53-45-44(51)43(50)42(49)39(35-46)55-45)54-41(48)34-32-30-28-26-24-22-20-18-16-14-12-10-8-6-4-2/h38-39,42-46,49-51H,3-37H2,1-2H3/t38-,39+,42+,43-,44+,45-/m0/s1. The molecule has 1 aliphatic heterocycles. The number of esters is 2. The summed E-state index contributed by atoms with van der Waals surface area (Å²) in [6.07, 6.45) is 29.6. The zero-order chi connectivity index (χ0) is 40.2. The first-order valence-corrected chi connectivity index (χ1v) is 23.1. The van der Waals surface area contributed by atoms with Gasteiger partial charge in [0.05, 0.1) is 13.2 Å². The molecule has 10 heteroatoms. The Labute approximate surface area is 336 Å². The molecule has 6 atom stereocenters. The summed E-state index contributed by atoms with van der Waals surface area (Å²) >= 11 is 0. The summed E-state index contributed by atoms with van der Waals surface area (Å²) in [4.78, 5) is 25.3. The van der Waals surface area contributed by atoms with Gasteiger partial charge in [-0.15, -0.1) is 0 Å². The van der Waals surface area contributed by atoms with Crippen molar-refractivity contribution in [3.8, 4) is 0 Å². The third-order valence-corrected chi connectivity index (χ3v) is 11.0. The molecule has 1 heterocycles. The second-order valence-electron chi connectivity index (χ2n) is 16.2. The second kappa shape index (κ2) is 37.0. The predicted octanol–water partition coefficient (Wildman–Crippen LogP) is 9.78. The molecular formula is C45H86O10. The van der Waals surface area contributed by atoms with Gasteiger partial charge in [0, 0.05) is 12.8 Å². The van der Waals surface area contributed by atoms with Gasteiger partial charge in [-0.1, -0.05) is 194 Å². The van der Waals surface area contributed by atoms with Crippen LogP contribution in [0.5, 0.6) is 0 Å². The topological polar surface area (TPSA) is 152 Å². The van der Waals surface area contributed by atoms with Crippen molar-refractivity contribution in [1.82, 2.24) is 0 Å². The van der Waals surface area contributed by atoms with E-state index in [1.807, 2.05) is 0 Å². The van der Waals surface area contributed by atoms with Crippen molar-refractivity contribution < 1.29 is 49.0 Å². The van der Waals surface area contributed by atoms with E-state index in [1.165, 1.54) is 148 Å². The van der Waals surface area contributed by atoms with Gasteiger partial charge in [-0.2, -0.15) is 0 Å². The van der Waals surface area contributed by atoms with Crippen molar-refractivity contribution in [1.29, 1.82) is 0 Å². The Morgan fingerprint density at radius 1 is 0.491 bits per heavy atom. The van der Waals surface area contributed by atoms with Gasteiger partial charge in [0.2, 0.25) is 0 Å². The van der Waals surface area contributed by atoms with Crippen LogP contribution in [0.15, 0.2) is 0 Å². The fourth-order valence-corrected chi connectivity index (χ4v) is 7.31. The average Bonchev–Trinajstić information content (AvgIpc) is 3.18. The molecule has 0 aromatic rings. The second-order valence-corrected chi connectivity index (χ2v) is 16.2. The molecule has 1 rings (SSSR count). The number of unbranched alkanes of at least 4 members (excludes halogenated alkanes) is 28. The first-order chi connectivity index (χ1) is 26.8. The van der Waals surface area contributed by atoms with Crippen LogP contribution in [0.1, 0.15) is 219 Å². The Morgan fingerprint density at radius 3 is 1.24 bits per heavy atom. The molecule has 0 unspecified atom stereocenters. The number of ether oxygens (including phenoxy) is 4. The zero-order valence-electron chi connectivity index (χ0n) is 35.5. The van der Waals surface area contributed by atoms with Crippen LogP contribution in [0.3, 0.4) is 0 Å².